The molecule has 1 heterocycles. The van der Waals surface area contributed by atoms with Gasteiger partial charge in [-0.05, 0) is 122 Å². The van der Waals surface area contributed by atoms with Crippen molar-refractivity contribution in [1.29, 1.82) is 0 Å². The zero-order valence-electron chi connectivity index (χ0n) is 33.2. The predicted molar refractivity (Wildman–Crippen MR) is 249 cm³/mol. The summed E-state index contributed by atoms with van der Waals surface area (Å²) in [7, 11) is 0. The number of aromatic nitrogens is 1. The summed E-state index contributed by atoms with van der Waals surface area (Å²) in [5, 5.41) is 3.83. The second-order valence-electron chi connectivity index (χ2n) is 16.2. The molecule has 0 amide bonds. The number of nitrogens with zero attached hydrogens (tertiary/aromatic N) is 2. The summed E-state index contributed by atoms with van der Waals surface area (Å²) in [6, 6.07) is 79.6. The molecule has 0 N–H and O–H groups in total. The van der Waals surface area contributed by atoms with Crippen LogP contribution < -0.4 is 4.90 Å². The predicted octanol–water partition coefficient (Wildman–Crippen LogP) is 15.6. The standard InChI is InChI=1S/C57H42N2/c1-57(2)53-36-29-46(38-52(53)56-55(57)51-19-11-12-20-54(51)59(56)47-17-7-4-8-18-47)43-27-34-50(35-28-43)58(48-30-23-41(24-31-48)39-13-5-3-6-14-39)49-32-25-42(26-33-49)45-22-21-40-15-9-10-16-44(40)37-45/h3-38H,1-2H3. The molecule has 0 aliphatic heterocycles. The molecule has 1 aromatic heterocycles. The topological polar surface area (TPSA) is 8.17 Å². The first kappa shape index (κ1) is 34.8. The van der Waals surface area contributed by atoms with Crippen LogP contribution in [0.2, 0.25) is 0 Å². The molecule has 0 atom stereocenters. The molecule has 11 rings (SSSR count). The Balaban J connectivity index is 0.985. The van der Waals surface area contributed by atoms with Crippen LogP contribution in [0.25, 0.3) is 72.0 Å². The number of benzene rings is 9. The van der Waals surface area contributed by atoms with E-state index in [0.717, 1.165) is 17.1 Å². The number of hydrogen-bond acceptors (Lipinski definition) is 1. The lowest BCUT2D eigenvalue weighted by Crippen LogP contribution is -2.14. The van der Waals surface area contributed by atoms with Gasteiger partial charge in [-0.1, -0.05) is 166 Å². The fourth-order valence-corrected chi connectivity index (χ4v) is 9.43. The van der Waals surface area contributed by atoms with E-state index in [1.165, 1.54) is 83.1 Å². The Morgan fingerprint density at radius 1 is 0.390 bits per heavy atom. The van der Waals surface area contributed by atoms with Gasteiger partial charge in [0.25, 0.3) is 0 Å². The minimum Gasteiger partial charge on any atom is -0.311 e. The van der Waals surface area contributed by atoms with Crippen molar-refractivity contribution in [3.05, 3.63) is 230 Å². The molecule has 10 aromatic rings. The van der Waals surface area contributed by atoms with Gasteiger partial charge in [-0.3, -0.25) is 0 Å². The quantitative estimate of drug-likeness (QED) is 0.157. The molecule has 2 heteroatoms. The average molecular weight is 755 g/mol. The van der Waals surface area contributed by atoms with Crippen LogP contribution in [0.3, 0.4) is 0 Å². The van der Waals surface area contributed by atoms with E-state index in [-0.39, 0.29) is 5.41 Å². The third-order valence-electron chi connectivity index (χ3n) is 12.4. The molecule has 0 saturated carbocycles. The van der Waals surface area contributed by atoms with E-state index in [1.54, 1.807) is 0 Å². The Kier molecular flexibility index (Phi) is 8.20. The van der Waals surface area contributed by atoms with Gasteiger partial charge in [-0.25, -0.2) is 0 Å². The molecule has 9 aromatic carbocycles. The second-order valence-corrected chi connectivity index (χ2v) is 16.2. The third kappa shape index (κ3) is 5.87. The molecule has 2 nitrogen and oxygen atoms in total. The highest BCUT2D eigenvalue weighted by Gasteiger charge is 2.40. The number of rotatable bonds is 7. The lowest BCUT2D eigenvalue weighted by Gasteiger charge is -2.26. The fraction of sp³-hybridized carbons (Fsp3) is 0.0526. The Labute approximate surface area is 345 Å². The Morgan fingerprint density at radius 3 is 1.51 bits per heavy atom. The zero-order valence-corrected chi connectivity index (χ0v) is 33.2. The summed E-state index contributed by atoms with van der Waals surface area (Å²) in [6.45, 7) is 4.76. The zero-order chi connectivity index (χ0) is 39.5. The monoisotopic (exact) mass is 754 g/mol. The fourth-order valence-electron chi connectivity index (χ4n) is 9.43. The maximum absolute atomic E-state index is 2.47. The number of anilines is 3. The summed E-state index contributed by atoms with van der Waals surface area (Å²) in [6.07, 6.45) is 0. The van der Waals surface area contributed by atoms with E-state index in [4.69, 9.17) is 0 Å². The molecule has 0 unspecified atom stereocenters. The van der Waals surface area contributed by atoms with E-state index >= 15 is 0 Å². The first-order chi connectivity index (χ1) is 29.0. The van der Waals surface area contributed by atoms with Gasteiger partial charge in [0.2, 0.25) is 0 Å². The molecular weight excluding hydrogens is 713 g/mol. The normalized spacial score (nSPS) is 12.7. The van der Waals surface area contributed by atoms with Crippen molar-refractivity contribution in [1.82, 2.24) is 4.57 Å². The van der Waals surface area contributed by atoms with Gasteiger partial charge in [-0.2, -0.15) is 0 Å². The Bertz CT molecular complexity index is 3140. The summed E-state index contributed by atoms with van der Waals surface area (Å²) in [5.74, 6) is 0. The molecule has 0 radical (unpaired) electrons. The van der Waals surface area contributed by atoms with E-state index in [0.29, 0.717) is 0 Å². The van der Waals surface area contributed by atoms with Gasteiger partial charge < -0.3 is 9.47 Å². The highest BCUT2D eigenvalue weighted by atomic mass is 15.1. The smallest absolute Gasteiger partial charge is 0.0585 e. The molecule has 1 aliphatic rings. The summed E-state index contributed by atoms with van der Waals surface area (Å²) < 4.78 is 2.47. The summed E-state index contributed by atoms with van der Waals surface area (Å²) in [4.78, 5) is 2.36. The van der Waals surface area contributed by atoms with Gasteiger partial charge in [0.15, 0.2) is 0 Å². The molecular formula is C57H42N2. The molecule has 280 valence electrons. The van der Waals surface area contributed by atoms with Crippen molar-refractivity contribution in [2.75, 3.05) is 4.90 Å². The molecule has 59 heavy (non-hydrogen) atoms. The summed E-state index contributed by atoms with van der Waals surface area (Å²) >= 11 is 0. The van der Waals surface area contributed by atoms with E-state index in [9.17, 15) is 0 Å². The van der Waals surface area contributed by atoms with Crippen LogP contribution in [0, 0.1) is 0 Å². The number of hydrogen-bond donors (Lipinski definition) is 0. The van der Waals surface area contributed by atoms with Crippen molar-refractivity contribution in [3.8, 4) is 50.3 Å². The lowest BCUT2D eigenvalue weighted by atomic mass is 9.81. The van der Waals surface area contributed by atoms with Gasteiger partial charge in [0.05, 0.1) is 11.2 Å². The van der Waals surface area contributed by atoms with Crippen LogP contribution in [0.1, 0.15) is 25.0 Å². The van der Waals surface area contributed by atoms with Crippen molar-refractivity contribution in [2.45, 2.75) is 19.3 Å². The van der Waals surface area contributed by atoms with Crippen molar-refractivity contribution < 1.29 is 0 Å². The van der Waals surface area contributed by atoms with Crippen LogP contribution in [0.15, 0.2) is 218 Å². The van der Waals surface area contributed by atoms with Crippen LogP contribution in [-0.2, 0) is 5.41 Å². The molecule has 0 spiro atoms. The van der Waals surface area contributed by atoms with Gasteiger partial charge in [-0.15, -0.1) is 0 Å². The first-order valence-corrected chi connectivity index (χ1v) is 20.5. The molecule has 0 fully saturated rings. The van der Waals surface area contributed by atoms with Crippen molar-refractivity contribution >= 4 is 38.7 Å². The van der Waals surface area contributed by atoms with E-state index in [2.05, 4.69) is 242 Å². The lowest BCUT2D eigenvalue weighted by molar-refractivity contribution is 0.666. The number of para-hydroxylation sites is 2. The van der Waals surface area contributed by atoms with E-state index < -0.39 is 0 Å². The van der Waals surface area contributed by atoms with Crippen LogP contribution in [-0.4, -0.2) is 4.57 Å². The summed E-state index contributed by atoms with van der Waals surface area (Å²) in [5.41, 5.74) is 18.2. The molecule has 0 saturated heterocycles. The number of fused-ring (bicyclic) bond motifs is 6. The largest absolute Gasteiger partial charge is 0.311 e. The average Bonchev–Trinajstić information content (AvgIpc) is 3.77. The minimum absolute atomic E-state index is 0.132. The van der Waals surface area contributed by atoms with Crippen molar-refractivity contribution in [3.63, 3.8) is 0 Å². The van der Waals surface area contributed by atoms with Crippen LogP contribution in [0.4, 0.5) is 17.1 Å². The molecule has 0 bridgehead atoms. The van der Waals surface area contributed by atoms with Crippen molar-refractivity contribution in [2.24, 2.45) is 0 Å². The van der Waals surface area contributed by atoms with Gasteiger partial charge in [0, 0.05) is 39.1 Å². The first-order valence-electron chi connectivity index (χ1n) is 20.5. The van der Waals surface area contributed by atoms with Crippen LogP contribution >= 0.6 is 0 Å². The van der Waals surface area contributed by atoms with E-state index in [1.807, 2.05) is 0 Å². The van der Waals surface area contributed by atoms with Gasteiger partial charge in [0.1, 0.15) is 0 Å². The highest BCUT2D eigenvalue weighted by molar-refractivity contribution is 6.00. The maximum Gasteiger partial charge on any atom is 0.0585 e. The van der Waals surface area contributed by atoms with Gasteiger partial charge >= 0.3 is 0 Å². The van der Waals surface area contributed by atoms with Crippen LogP contribution in [0.5, 0.6) is 0 Å². The molecule has 1 aliphatic carbocycles. The Hall–Kier alpha value is -7.42. The Morgan fingerprint density at radius 2 is 0.864 bits per heavy atom. The SMILES string of the molecule is CC1(C)c2ccc(-c3ccc(N(c4ccc(-c5ccccc5)cc4)c4ccc(-c5ccc6ccccc6c5)cc4)cc3)cc2-c2c1c1ccccc1n2-c1ccccc1. The minimum atomic E-state index is -0.132. The maximum atomic E-state index is 2.47. The second kappa shape index (κ2) is 13.9. The highest BCUT2D eigenvalue weighted by Crippen LogP contribution is 2.54. The third-order valence-corrected chi connectivity index (χ3v) is 12.4.